The molecule has 0 heterocycles. The van der Waals surface area contributed by atoms with E-state index in [2.05, 4.69) is 5.32 Å². The van der Waals surface area contributed by atoms with Crippen LogP contribution in [0.4, 0.5) is 0 Å². The number of likely N-dealkylation sites (N-methyl/N-ethyl adjacent to an activating group) is 1. The summed E-state index contributed by atoms with van der Waals surface area (Å²) in [4.78, 5) is 26.9. The number of ether oxygens (including phenoxy) is 1. The van der Waals surface area contributed by atoms with E-state index in [1.807, 2.05) is 57.2 Å². The maximum Gasteiger partial charge on any atom is 0.261 e. The largest absolute Gasteiger partial charge is 0.484 e. The molecule has 150 valence electrons. The maximum absolute atomic E-state index is 13.0. The van der Waals surface area contributed by atoms with E-state index >= 15 is 0 Å². The van der Waals surface area contributed by atoms with Crippen molar-refractivity contribution in [3.63, 3.8) is 0 Å². The van der Waals surface area contributed by atoms with Gasteiger partial charge in [0.05, 0.1) is 0 Å². The molecule has 0 saturated heterocycles. The van der Waals surface area contributed by atoms with Crippen molar-refractivity contribution >= 4 is 23.4 Å². The highest BCUT2D eigenvalue weighted by molar-refractivity contribution is 6.31. The standard InChI is InChI=1S/C22H27ClN2O3/c1-5-20(22(27)24-4)25(13-17-8-6-7-9-19(17)23)21(26)14-28-18-11-10-15(2)16(3)12-18/h6-12,20H,5,13-14H2,1-4H3,(H,24,27)/t20-/m1/s1. The van der Waals surface area contributed by atoms with Crippen LogP contribution >= 0.6 is 11.6 Å². The molecule has 0 aromatic heterocycles. The van der Waals surface area contributed by atoms with Gasteiger partial charge in [0.2, 0.25) is 5.91 Å². The van der Waals surface area contributed by atoms with Crippen LogP contribution in [0, 0.1) is 13.8 Å². The molecule has 0 saturated carbocycles. The fraction of sp³-hybridized carbons (Fsp3) is 0.364. The molecule has 1 atom stereocenters. The molecule has 0 spiro atoms. The first-order chi connectivity index (χ1) is 13.4. The zero-order chi connectivity index (χ0) is 20.7. The van der Waals surface area contributed by atoms with Crippen molar-refractivity contribution in [3.8, 4) is 5.75 Å². The number of amides is 2. The van der Waals surface area contributed by atoms with Gasteiger partial charge in [0, 0.05) is 18.6 Å². The molecule has 1 N–H and O–H groups in total. The van der Waals surface area contributed by atoms with Gasteiger partial charge in [-0.3, -0.25) is 9.59 Å². The van der Waals surface area contributed by atoms with Gasteiger partial charge in [-0.2, -0.15) is 0 Å². The Kier molecular flexibility index (Phi) is 7.88. The van der Waals surface area contributed by atoms with Crippen LogP contribution in [0.5, 0.6) is 5.75 Å². The molecule has 2 rings (SSSR count). The third kappa shape index (κ3) is 5.49. The lowest BCUT2D eigenvalue weighted by Crippen LogP contribution is -2.49. The van der Waals surface area contributed by atoms with Crippen LogP contribution in [0.2, 0.25) is 5.02 Å². The quantitative estimate of drug-likeness (QED) is 0.728. The number of nitrogens with zero attached hydrogens (tertiary/aromatic N) is 1. The number of rotatable bonds is 8. The SMILES string of the molecule is CC[C@H](C(=O)NC)N(Cc1ccccc1Cl)C(=O)COc1ccc(C)c(C)c1. The van der Waals surface area contributed by atoms with E-state index in [-0.39, 0.29) is 25.0 Å². The molecular weight excluding hydrogens is 376 g/mol. The number of hydrogen-bond donors (Lipinski definition) is 1. The predicted molar refractivity (Wildman–Crippen MR) is 112 cm³/mol. The van der Waals surface area contributed by atoms with Gasteiger partial charge in [-0.15, -0.1) is 0 Å². The number of carbonyl (C=O) groups excluding carboxylic acids is 2. The van der Waals surface area contributed by atoms with Crippen LogP contribution < -0.4 is 10.1 Å². The molecule has 0 aliphatic carbocycles. The molecule has 2 amide bonds. The molecule has 0 radical (unpaired) electrons. The number of benzene rings is 2. The minimum absolute atomic E-state index is 0.152. The van der Waals surface area contributed by atoms with E-state index in [1.165, 1.54) is 4.90 Å². The maximum atomic E-state index is 13.0. The molecule has 28 heavy (non-hydrogen) atoms. The van der Waals surface area contributed by atoms with Crippen molar-refractivity contribution in [2.45, 2.75) is 39.8 Å². The number of aryl methyl sites for hydroxylation is 2. The fourth-order valence-electron chi connectivity index (χ4n) is 2.93. The van der Waals surface area contributed by atoms with Crippen molar-refractivity contribution in [2.24, 2.45) is 0 Å². The molecule has 6 heteroatoms. The Bertz CT molecular complexity index is 838. The van der Waals surface area contributed by atoms with E-state index in [1.54, 1.807) is 13.1 Å². The molecule has 0 unspecified atom stereocenters. The zero-order valence-corrected chi connectivity index (χ0v) is 17.5. The van der Waals surface area contributed by atoms with E-state index in [9.17, 15) is 9.59 Å². The zero-order valence-electron chi connectivity index (χ0n) is 16.8. The summed E-state index contributed by atoms with van der Waals surface area (Å²) in [6, 6.07) is 12.4. The van der Waals surface area contributed by atoms with E-state index < -0.39 is 6.04 Å². The predicted octanol–water partition coefficient (Wildman–Crippen LogP) is 3.89. The van der Waals surface area contributed by atoms with Crippen LogP contribution in [0.25, 0.3) is 0 Å². The Morgan fingerprint density at radius 2 is 1.86 bits per heavy atom. The lowest BCUT2D eigenvalue weighted by molar-refractivity contribution is -0.142. The highest BCUT2D eigenvalue weighted by Crippen LogP contribution is 2.21. The molecule has 0 aliphatic heterocycles. The lowest BCUT2D eigenvalue weighted by atomic mass is 10.1. The molecule has 5 nitrogen and oxygen atoms in total. The van der Waals surface area contributed by atoms with Gasteiger partial charge in [-0.05, 0) is 55.2 Å². The van der Waals surface area contributed by atoms with Crippen LogP contribution in [0.1, 0.15) is 30.0 Å². The molecule has 0 aliphatic rings. The lowest BCUT2D eigenvalue weighted by Gasteiger charge is -2.30. The Hall–Kier alpha value is -2.53. The normalized spacial score (nSPS) is 11.6. The van der Waals surface area contributed by atoms with E-state index in [0.29, 0.717) is 17.2 Å². The first-order valence-electron chi connectivity index (χ1n) is 9.31. The summed E-state index contributed by atoms with van der Waals surface area (Å²) in [5, 5.41) is 3.19. The smallest absolute Gasteiger partial charge is 0.261 e. The summed E-state index contributed by atoms with van der Waals surface area (Å²) in [6.07, 6.45) is 0.486. The summed E-state index contributed by atoms with van der Waals surface area (Å²) in [5.74, 6) is 0.143. The second-order valence-electron chi connectivity index (χ2n) is 6.69. The van der Waals surface area contributed by atoms with Crippen LogP contribution in [-0.2, 0) is 16.1 Å². The average Bonchev–Trinajstić information content (AvgIpc) is 2.69. The first-order valence-corrected chi connectivity index (χ1v) is 9.69. The summed E-state index contributed by atoms with van der Waals surface area (Å²) >= 11 is 6.27. The van der Waals surface area contributed by atoms with Crippen LogP contribution in [0.15, 0.2) is 42.5 Å². The van der Waals surface area contributed by atoms with Crippen molar-refractivity contribution < 1.29 is 14.3 Å². The Morgan fingerprint density at radius 1 is 1.14 bits per heavy atom. The summed E-state index contributed by atoms with van der Waals surface area (Å²) in [6.45, 7) is 5.97. The first kappa shape index (κ1) is 21.8. The van der Waals surface area contributed by atoms with E-state index in [4.69, 9.17) is 16.3 Å². The third-order valence-electron chi connectivity index (χ3n) is 4.77. The number of carbonyl (C=O) groups is 2. The molecule has 2 aromatic carbocycles. The number of hydrogen-bond acceptors (Lipinski definition) is 3. The van der Waals surface area contributed by atoms with Gasteiger partial charge in [-0.25, -0.2) is 0 Å². The van der Waals surface area contributed by atoms with E-state index in [0.717, 1.165) is 16.7 Å². The average molecular weight is 403 g/mol. The minimum atomic E-state index is -0.600. The Morgan fingerprint density at radius 3 is 2.46 bits per heavy atom. The molecular formula is C22H27ClN2O3. The number of nitrogens with one attached hydrogen (secondary N) is 1. The van der Waals surface area contributed by atoms with Gasteiger partial charge < -0.3 is 15.0 Å². The highest BCUT2D eigenvalue weighted by Gasteiger charge is 2.28. The van der Waals surface area contributed by atoms with Crippen LogP contribution in [-0.4, -0.2) is 36.4 Å². The highest BCUT2D eigenvalue weighted by atomic mass is 35.5. The fourth-order valence-corrected chi connectivity index (χ4v) is 3.12. The summed E-state index contributed by atoms with van der Waals surface area (Å²) in [5.41, 5.74) is 3.03. The second-order valence-corrected chi connectivity index (χ2v) is 7.09. The number of halogens is 1. The Labute approximate surface area is 171 Å². The van der Waals surface area contributed by atoms with Crippen molar-refractivity contribution in [1.82, 2.24) is 10.2 Å². The molecule has 0 fully saturated rings. The van der Waals surface area contributed by atoms with Crippen molar-refractivity contribution in [2.75, 3.05) is 13.7 Å². The summed E-state index contributed by atoms with van der Waals surface area (Å²) < 4.78 is 5.70. The topological polar surface area (TPSA) is 58.6 Å². The summed E-state index contributed by atoms with van der Waals surface area (Å²) in [7, 11) is 1.56. The van der Waals surface area contributed by atoms with Gasteiger partial charge in [0.15, 0.2) is 6.61 Å². The molecule has 2 aromatic rings. The van der Waals surface area contributed by atoms with Crippen molar-refractivity contribution in [3.05, 3.63) is 64.2 Å². The monoisotopic (exact) mass is 402 g/mol. The van der Waals surface area contributed by atoms with Gasteiger partial charge in [0.1, 0.15) is 11.8 Å². The Balaban J connectivity index is 2.21. The van der Waals surface area contributed by atoms with Gasteiger partial charge in [0.25, 0.3) is 5.91 Å². The van der Waals surface area contributed by atoms with Gasteiger partial charge in [-0.1, -0.05) is 42.8 Å². The minimum Gasteiger partial charge on any atom is -0.484 e. The molecule has 0 bridgehead atoms. The second kappa shape index (κ2) is 10.1. The van der Waals surface area contributed by atoms with Crippen molar-refractivity contribution in [1.29, 1.82) is 0 Å². The van der Waals surface area contributed by atoms with Gasteiger partial charge >= 0.3 is 0 Å². The third-order valence-corrected chi connectivity index (χ3v) is 5.14. The van der Waals surface area contributed by atoms with Crippen LogP contribution in [0.3, 0.4) is 0 Å².